The van der Waals surface area contributed by atoms with E-state index in [0.717, 1.165) is 12.1 Å². The Morgan fingerprint density at radius 3 is 2.18 bits per heavy atom. The van der Waals surface area contributed by atoms with Gasteiger partial charge >= 0.3 is 6.18 Å². The fraction of sp³-hybridized carbons (Fsp3) is 0.276. The Hall–Kier alpha value is -3.73. The molecule has 10 heteroatoms. The molecule has 0 aliphatic heterocycles. The molecular formula is C29H27F4NO5. The number of phenolic OH excluding ortho intramolecular Hbond substituents is 1. The van der Waals surface area contributed by atoms with E-state index >= 15 is 4.39 Å². The fourth-order valence-electron chi connectivity index (χ4n) is 4.09. The molecule has 0 aliphatic carbocycles. The molecule has 6 nitrogen and oxygen atoms in total. The number of aromatic hydroxyl groups is 1. The summed E-state index contributed by atoms with van der Waals surface area (Å²) in [6.07, 6.45) is -6.62. The Bertz CT molecular complexity index is 1420. The minimum Gasteiger partial charge on any atom is -0.508 e. The molecule has 4 aromatic rings. The van der Waals surface area contributed by atoms with Crippen LogP contribution in [0, 0.1) is 5.82 Å². The minimum atomic E-state index is -4.71. The van der Waals surface area contributed by atoms with Gasteiger partial charge in [0, 0.05) is 35.8 Å². The Morgan fingerprint density at radius 1 is 0.872 bits per heavy atom. The molecular weight excluding hydrogens is 518 g/mol. The molecule has 1 atom stereocenters. The number of ether oxygens (including phenoxy) is 3. The van der Waals surface area contributed by atoms with Crippen molar-refractivity contribution in [2.75, 3.05) is 19.8 Å². The molecule has 0 aliphatic rings. The first kappa shape index (κ1) is 28.3. The molecule has 0 fully saturated rings. The van der Waals surface area contributed by atoms with Crippen LogP contribution in [0.3, 0.4) is 0 Å². The number of pyridine rings is 1. The van der Waals surface area contributed by atoms with Gasteiger partial charge in [-0.05, 0) is 61.9 Å². The van der Waals surface area contributed by atoms with Crippen molar-refractivity contribution in [3.63, 3.8) is 0 Å². The molecule has 0 amide bonds. The van der Waals surface area contributed by atoms with Crippen LogP contribution >= 0.6 is 0 Å². The van der Waals surface area contributed by atoms with E-state index in [-0.39, 0.29) is 29.2 Å². The number of hydrogen-bond donors (Lipinski definition) is 2. The highest BCUT2D eigenvalue weighted by Gasteiger charge is 2.32. The van der Waals surface area contributed by atoms with Crippen molar-refractivity contribution in [1.82, 2.24) is 4.98 Å². The molecule has 206 valence electrons. The van der Waals surface area contributed by atoms with Crippen LogP contribution in [0.25, 0.3) is 22.0 Å². The summed E-state index contributed by atoms with van der Waals surface area (Å²) in [6.45, 7) is 4.75. The fourth-order valence-corrected chi connectivity index (χ4v) is 4.09. The SMILES string of the molecule is CCOC(COc1ccc(C(O)c2nc3cc(O)ccc3cc2-c2ccc(C(F)(F)F)cc2F)cc1)OCC. The van der Waals surface area contributed by atoms with Crippen LogP contribution in [0.2, 0.25) is 0 Å². The van der Waals surface area contributed by atoms with E-state index in [9.17, 15) is 23.4 Å². The zero-order valence-electron chi connectivity index (χ0n) is 21.2. The number of alkyl halides is 3. The number of hydrogen-bond acceptors (Lipinski definition) is 6. The number of rotatable bonds is 10. The third-order valence-corrected chi connectivity index (χ3v) is 5.96. The van der Waals surface area contributed by atoms with Crippen LogP contribution in [0.4, 0.5) is 17.6 Å². The second-order valence-corrected chi connectivity index (χ2v) is 8.61. The minimum absolute atomic E-state index is 0.00758. The normalized spacial score (nSPS) is 12.7. The lowest BCUT2D eigenvalue weighted by molar-refractivity contribution is -0.152. The van der Waals surface area contributed by atoms with Gasteiger partial charge in [-0.2, -0.15) is 13.2 Å². The van der Waals surface area contributed by atoms with Crippen molar-refractivity contribution < 1.29 is 42.0 Å². The summed E-state index contributed by atoms with van der Waals surface area (Å²) < 4.78 is 71.0. The maximum absolute atomic E-state index is 15.0. The lowest BCUT2D eigenvalue weighted by Crippen LogP contribution is -2.25. The predicted octanol–water partition coefficient (Wildman–Crippen LogP) is 6.62. The van der Waals surface area contributed by atoms with Gasteiger partial charge in [0.25, 0.3) is 0 Å². The summed E-state index contributed by atoms with van der Waals surface area (Å²) >= 11 is 0. The van der Waals surface area contributed by atoms with Crippen LogP contribution in [0.1, 0.15) is 36.8 Å². The molecule has 3 aromatic carbocycles. The van der Waals surface area contributed by atoms with E-state index in [4.69, 9.17) is 14.2 Å². The Morgan fingerprint density at radius 2 is 1.56 bits per heavy atom. The average molecular weight is 546 g/mol. The summed E-state index contributed by atoms with van der Waals surface area (Å²) in [5, 5.41) is 21.7. The third kappa shape index (κ3) is 6.65. The van der Waals surface area contributed by atoms with Gasteiger partial charge in [-0.15, -0.1) is 0 Å². The number of fused-ring (bicyclic) bond motifs is 1. The number of benzene rings is 3. The second-order valence-electron chi connectivity index (χ2n) is 8.61. The van der Waals surface area contributed by atoms with Crippen molar-refractivity contribution in [2.24, 2.45) is 0 Å². The van der Waals surface area contributed by atoms with Gasteiger partial charge in [0.1, 0.15) is 30.0 Å². The largest absolute Gasteiger partial charge is 0.508 e. The lowest BCUT2D eigenvalue weighted by atomic mass is 9.94. The molecule has 0 bridgehead atoms. The number of halogens is 4. The Balaban J connectivity index is 1.70. The van der Waals surface area contributed by atoms with Crippen LogP contribution < -0.4 is 4.74 Å². The number of phenols is 1. The summed E-state index contributed by atoms with van der Waals surface area (Å²) in [4.78, 5) is 4.46. The Kier molecular flexibility index (Phi) is 8.69. The zero-order valence-corrected chi connectivity index (χ0v) is 21.2. The number of aliphatic hydroxyl groups is 1. The number of nitrogens with zero attached hydrogens (tertiary/aromatic N) is 1. The topological polar surface area (TPSA) is 81.0 Å². The molecule has 0 saturated carbocycles. The molecule has 1 aromatic heterocycles. The van der Waals surface area contributed by atoms with Gasteiger partial charge in [0.2, 0.25) is 0 Å². The van der Waals surface area contributed by atoms with Crippen molar-refractivity contribution in [2.45, 2.75) is 32.4 Å². The van der Waals surface area contributed by atoms with Gasteiger partial charge in [-0.3, -0.25) is 0 Å². The predicted molar refractivity (Wildman–Crippen MR) is 137 cm³/mol. The standard InChI is InChI=1S/C29H27F4NO5/c1-3-37-26(38-4-2)16-39-21-10-6-17(7-11-21)28(36)27-23(13-18-5-9-20(35)15-25(18)34-27)22-12-8-19(14-24(22)30)29(31,32)33/h5-15,26,28,35-36H,3-4,16H2,1-2H3. The molecule has 2 N–H and O–H groups in total. The van der Waals surface area contributed by atoms with E-state index in [0.29, 0.717) is 41.5 Å². The van der Waals surface area contributed by atoms with Gasteiger partial charge < -0.3 is 24.4 Å². The van der Waals surface area contributed by atoms with Crippen LogP contribution in [-0.4, -0.2) is 41.3 Å². The molecule has 0 radical (unpaired) electrons. The van der Waals surface area contributed by atoms with Gasteiger partial charge in [0.05, 0.1) is 16.8 Å². The lowest BCUT2D eigenvalue weighted by Gasteiger charge is -2.19. The molecule has 4 rings (SSSR count). The van der Waals surface area contributed by atoms with Crippen LogP contribution in [-0.2, 0) is 15.7 Å². The average Bonchev–Trinajstić information content (AvgIpc) is 2.90. The Labute approximate surface area is 222 Å². The highest BCUT2D eigenvalue weighted by Crippen LogP contribution is 2.38. The summed E-state index contributed by atoms with van der Waals surface area (Å²) in [5.41, 5.74) is -0.461. The summed E-state index contributed by atoms with van der Waals surface area (Å²) in [5.74, 6) is -0.691. The first-order chi connectivity index (χ1) is 18.6. The van der Waals surface area contributed by atoms with Gasteiger partial charge in [-0.1, -0.05) is 18.2 Å². The van der Waals surface area contributed by atoms with Crippen molar-refractivity contribution in [3.8, 4) is 22.6 Å². The first-order valence-electron chi connectivity index (χ1n) is 12.3. The smallest absolute Gasteiger partial charge is 0.416 e. The van der Waals surface area contributed by atoms with E-state index in [1.54, 1.807) is 30.3 Å². The second kappa shape index (κ2) is 12.0. The van der Waals surface area contributed by atoms with E-state index in [2.05, 4.69) is 4.98 Å². The van der Waals surface area contributed by atoms with Gasteiger partial charge in [0.15, 0.2) is 6.29 Å². The van der Waals surface area contributed by atoms with Gasteiger partial charge in [-0.25, -0.2) is 9.37 Å². The van der Waals surface area contributed by atoms with Crippen LogP contribution in [0.5, 0.6) is 11.5 Å². The molecule has 0 spiro atoms. The highest BCUT2D eigenvalue weighted by molar-refractivity contribution is 5.86. The molecule has 0 saturated heterocycles. The third-order valence-electron chi connectivity index (χ3n) is 5.96. The molecule has 1 unspecified atom stereocenters. The van der Waals surface area contributed by atoms with E-state index < -0.39 is 30.0 Å². The van der Waals surface area contributed by atoms with Crippen molar-refractivity contribution in [1.29, 1.82) is 0 Å². The quantitative estimate of drug-likeness (QED) is 0.172. The van der Waals surface area contributed by atoms with Crippen molar-refractivity contribution >= 4 is 10.9 Å². The highest BCUT2D eigenvalue weighted by atomic mass is 19.4. The molecule has 39 heavy (non-hydrogen) atoms. The summed E-state index contributed by atoms with van der Waals surface area (Å²) in [6, 6.07) is 14.5. The van der Waals surface area contributed by atoms with E-state index in [1.165, 1.54) is 18.2 Å². The monoisotopic (exact) mass is 545 g/mol. The summed E-state index contributed by atoms with van der Waals surface area (Å²) in [7, 11) is 0. The first-order valence-corrected chi connectivity index (χ1v) is 12.3. The van der Waals surface area contributed by atoms with E-state index in [1.807, 2.05) is 13.8 Å². The maximum atomic E-state index is 15.0. The maximum Gasteiger partial charge on any atom is 0.416 e. The zero-order chi connectivity index (χ0) is 28.2. The van der Waals surface area contributed by atoms with Crippen LogP contribution in [0.15, 0.2) is 66.7 Å². The molecule has 1 heterocycles. The number of aromatic nitrogens is 1. The van der Waals surface area contributed by atoms with Crippen molar-refractivity contribution in [3.05, 3.63) is 89.4 Å². The number of aliphatic hydroxyl groups excluding tert-OH is 1.